The van der Waals surface area contributed by atoms with Crippen LogP contribution >= 0.6 is 23.1 Å². The van der Waals surface area contributed by atoms with Crippen molar-refractivity contribution in [2.75, 3.05) is 12.9 Å². The number of thioether (sulfide) groups is 1. The third kappa shape index (κ3) is 6.07. The van der Waals surface area contributed by atoms with Crippen molar-refractivity contribution in [2.45, 2.75) is 37.5 Å². The molecule has 0 saturated carbocycles. The van der Waals surface area contributed by atoms with Crippen LogP contribution in [-0.4, -0.2) is 34.4 Å². The van der Waals surface area contributed by atoms with Crippen molar-refractivity contribution < 1.29 is 9.53 Å². The molecule has 0 aliphatic rings. The molecule has 1 N–H and O–H groups in total. The van der Waals surface area contributed by atoms with Gasteiger partial charge >= 0.3 is 0 Å². The Bertz CT molecular complexity index is 1300. The molecular weight excluding hydrogens is 466 g/mol. The molecule has 1 amide bonds. The molecule has 0 aliphatic carbocycles. The van der Waals surface area contributed by atoms with Crippen LogP contribution in [-0.2, 0) is 17.8 Å². The summed E-state index contributed by atoms with van der Waals surface area (Å²) in [6.07, 6.45) is 1.77. The average Bonchev–Trinajstić information content (AvgIpc) is 3.33. The molecule has 0 aliphatic heterocycles. The van der Waals surface area contributed by atoms with Crippen LogP contribution in [0.15, 0.2) is 76.0 Å². The molecule has 0 radical (unpaired) electrons. The summed E-state index contributed by atoms with van der Waals surface area (Å²) in [5, 5.41) is 5.47. The average molecular weight is 494 g/mol. The van der Waals surface area contributed by atoms with Crippen LogP contribution in [0.1, 0.15) is 24.5 Å². The first-order chi connectivity index (χ1) is 16.5. The van der Waals surface area contributed by atoms with E-state index in [9.17, 15) is 9.59 Å². The number of thiophene rings is 1. The summed E-state index contributed by atoms with van der Waals surface area (Å²) in [7, 11) is 1.62. The third-order valence-electron chi connectivity index (χ3n) is 5.48. The largest absolute Gasteiger partial charge is 0.497 e. The van der Waals surface area contributed by atoms with Gasteiger partial charge in [0.25, 0.3) is 5.56 Å². The van der Waals surface area contributed by atoms with Crippen LogP contribution in [0.2, 0.25) is 0 Å². The number of ether oxygens (including phenoxy) is 1. The van der Waals surface area contributed by atoms with Crippen molar-refractivity contribution in [3.63, 3.8) is 0 Å². The maximum atomic E-state index is 13.2. The smallest absolute Gasteiger partial charge is 0.272 e. The number of hydrogen-bond donors (Lipinski definition) is 1. The van der Waals surface area contributed by atoms with Gasteiger partial charge in [-0.25, -0.2) is 4.98 Å². The maximum absolute atomic E-state index is 13.2. The quantitative estimate of drug-likeness (QED) is 0.255. The monoisotopic (exact) mass is 493 g/mol. The summed E-state index contributed by atoms with van der Waals surface area (Å²) < 4.78 is 7.50. The summed E-state index contributed by atoms with van der Waals surface area (Å²) >= 11 is 2.68. The molecule has 1 atom stereocenters. The molecule has 0 spiro atoms. The van der Waals surface area contributed by atoms with Gasteiger partial charge in [-0.05, 0) is 54.5 Å². The fourth-order valence-electron chi connectivity index (χ4n) is 3.63. The van der Waals surface area contributed by atoms with Crippen LogP contribution in [0.4, 0.5) is 0 Å². The highest BCUT2D eigenvalue weighted by Gasteiger charge is 2.16. The van der Waals surface area contributed by atoms with Crippen molar-refractivity contribution in [1.82, 2.24) is 14.9 Å². The topological polar surface area (TPSA) is 73.2 Å². The number of aromatic nitrogens is 2. The van der Waals surface area contributed by atoms with Crippen LogP contribution in [0, 0.1) is 0 Å². The normalized spacial score (nSPS) is 11.9. The molecule has 8 heteroatoms. The minimum absolute atomic E-state index is 0.0575. The molecule has 0 saturated heterocycles. The zero-order chi connectivity index (χ0) is 23.9. The van der Waals surface area contributed by atoms with Crippen molar-refractivity contribution in [1.29, 1.82) is 0 Å². The summed E-state index contributed by atoms with van der Waals surface area (Å²) in [5.41, 5.74) is 2.80. The number of carbonyl (C=O) groups is 1. The lowest BCUT2D eigenvalue weighted by Crippen LogP contribution is -2.34. The molecular formula is C26H27N3O3S2. The molecule has 2 aromatic heterocycles. The molecule has 34 heavy (non-hydrogen) atoms. The standard InChI is InChI=1S/C26H27N3O3S2/c1-18(8-9-19-6-4-3-5-7-19)27-23(30)17-34-26-28-22-14-15-33-24(22)25(31)29(26)16-20-10-12-21(32-2)13-11-20/h3-7,10-15,18H,8-9,16-17H2,1-2H3,(H,27,30)/t18-/m1/s1. The van der Waals surface area contributed by atoms with E-state index < -0.39 is 0 Å². The highest BCUT2D eigenvalue weighted by atomic mass is 32.2. The predicted octanol–water partition coefficient (Wildman–Crippen LogP) is 4.74. The van der Waals surface area contributed by atoms with Gasteiger partial charge in [-0.1, -0.05) is 54.2 Å². The van der Waals surface area contributed by atoms with E-state index in [1.165, 1.54) is 28.7 Å². The number of fused-ring (bicyclic) bond motifs is 1. The first-order valence-corrected chi connectivity index (χ1v) is 13.0. The number of benzene rings is 2. The van der Waals surface area contributed by atoms with Gasteiger partial charge in [0, 0.05) is 6.04 Å². The van der Waals surface area contributed by atoms with E-state index in [2.05, 4.69) is 22.4 Å². The lowest BCUT2D eigenvalue weighted by Gasteiger charge is -2.15. The van der Waals surface area contributed by atoms with E-state index in [0.717, 1.165) is 24.2 Å². The van der Waals surface area contributed by atoms with Gasteiger partial charge in [-0.15, -0.1) is 11.3 Å². The summed E-state index contributed by atoms with van der Waals surface area (Å²) in [5.74, 6) is 0.886. The maximum Gasteiger partial charge on any atom is 0.272 e. The van der Waals surface area contributed by atoms with Gasteiger partial charge in [0.05, 0.1) is 24.9 Å². The number of rotatable bonds is 10. The number of carbonyl (C=O) groups excluding carboxylic acids is 1. The Labute approximate surface area is 207 Å². The Morgan fingerprint density at radius 3 is 2.62 bits per heavy atom. The zero-order valence-corrected chi connectivity index (χ0v) is 20.8. The number of hydrogen-bond acceptors (Lipinski definition) is 6. The molecule has 4 aromatic rings. The zero-order valence-electron chi connectivity index (χ0n) is 19.2. The van der Waals surface area contributed by atoms with E-state index >= 15 is 0 Å². The lowest BCUT2D eigenvalue weighted by molar-refractivity contribution is -0.119. The van der Waals surface area contributed by atoms with E-state index in [4.69, 9.17) is 4.74 Å². The summed E-state index contributed by atoms with van der Waals surface area (Å²) in [6, 6.07) is 19.7. The molecule has 0 bridgehead atoms. The molecule has 2 aromatic carbocycles. The summed E-state index contributed by atoms with van der Waals surface area (Å²) in [6.45, 7) is 2.39. The van der Waals surface area contributed by atoms with Crippen molar-refractivity contribution in [3.05, 3.63) is 87.5 Å². The van der Waals surface area contributed by atoms with Gasteiger partial charge in [-0.2, -0.15) is 0 Å². The SMILES string of the molecule is COc1ccc(Cn2c(SCC(=O)N[C@H](C)CCc3ccccc3)nc3ccsc3c2=O)cc1. The molecule has 0 fully saturated rings. The van der Waals surface area contributed by atoms with Gasteiger partial charge in [0.1, 0.15) is 10.4 Å². The van der Waals surface area contributed by atoms with E-state index in [0.29, 0.717) is 21.9 Å². The minimum Gasteiger partial charge on any atom is -0.497 e. The molecule has 0 unspecified atom stereocenters. The highest BCUT2D eigenvalue weighted by molar-refractivity contribution is 7.99. The van der Waals surface area contributed by atoms with Gasteiger partial charge in [0.2, 0.25) is 5.91 Å². The van der Waals surface area contributed by atoms with E-state index in [1.54, 1.807) is 11.7 Å². The summed E-state index contributed by atoms with van der Waals surface area (Å²) in [4.78, 5) is 30.5. The van der Waals surface area contributed by atoms with Crippen LogP contribution in [0.5, 0.6) is 5.75 Å². The number of aryl methyl sites for hydroxylation is 1. The van der Waals surface area contributed by atoms with Crippen LogP contribution in [0.3, 0.4) is 0 Å². The van der Waals surface area contributed by atoms with Crippen molar-refractivity contribution in [3.8, 4) is 5.75 Å². The van der Waals surface area contributed by atoms with E-state index in [1.807, 2.05) is 60.8 Å². The first kappa shape index (κ1) is 24.0. The molecule has 6 nitrogen and oxygen atoms in total. The minimum atomic E-state index is -0.0880. The fraction of sp³-hybridized carbons (Fsp3) is 0.269. The second-order valence-corrected chi connectivity index (χ2v) is 9.91. The Balaban J connectivity index is 1.43. The first-order valence-electron chi connectivity index (χ1n) is 11.1. The highest BCUT2D eigenvalue weighted by Crippen LogP contribution is 2.22. The fourth-order valence-corrected chi connectivity index (χ4v) is 5.22. The Hall–Kier alpha value is -3.10. The van der Waals surface area contributed by atoms with Gasteiger partial charge < -0.3 is 10.1 Å². The number of amides is 1. The number of nitrogens with one attached hydrogen (secondary N) is 1. The van der Waals surface area contributed by atoms with Crippen molar-refractivity contribution in [2.24, 2.45) is 0 Å². The van der Waals surface area contributed by atoms with Crippen molar-refractivity contribution >= 4 is 39.2 Å². The molecule has 176 valence electrons. The van der Waals surface area contributed by atoms with Gasteiger partial charge in [-0.3, -0.25) is 14.2 Å². The predicted molar refractivity (Wildman–Crippen MR) is 139 cm³/mol. The third-order valence-corrected chi connectivity index (χ3v) is 7.35. The van der Waals surface area contributed by atoms with Gasteiger partial charge in [0.15, 0.2) is 5.16 Å². The Kier molecular flexibility index (Phi) is 8.03. The molecule has 4 rings (SSSR count). The van der Waals surface area contributed by atoms with E-state index in [-0.39, 0.29) is 23.3 Å². The second kappa shape index (κ2) is 11.4. The molecule has 2 heterocycles. The second-order valence-electron chi connectivity index (χ2n) is 8.05. The Morgan fingerprint density at radius 2 is 1.88 bits per heavy atom. The lowest BCUT2D eigenvalue weighted by atomic mass is 10.1. The Morgan fingerprint density at radius 1 is 1.12 bits per heavy atom. The van der Waals surface area contributed by atoms with Crippen LogP contribution < -0.4 is 15.6 Å². The van der Waals surface area contributed by atoms with Crippen LogP contribution in [0.25, 0.3) is 10.2 Å². The number of nitrogens with zero attached hydrogens (tertiary/aromatic N) is 2. The number of methoxy groups -OCH3 is 1.